The molecule has 1 amide bonds. The molecular formula is C15H22N2O4. The molecule has 3 N–H and O–H groups in total. The molecule has 1 aliphatic heterocycles. The molecule has 6 heteroatoms. The molecular weight excluding hydrogens is 272 g/mol. The Morgan fingerprint density at radius 3 is 2.76 bits per heavy atom. The molecule has 0 radical (unpaired) electrons. The van der Waals surface area contributed by atoms with Crippen molar-refractivity contribution in [2.24, 2.45) is 11.7 Å². The third-order valence-electron chi connectivity index (χ3n) is 3.68. The van der Waals surface area contributed by atoms with Crippen LogP contribution in [0.15, 0.2) is 18.2 Å². The molecule has 1 aromatic rings. The average Bonchev–Trinajstić information content (AvgIpc) is 2.53. The maximum Gasteiger partial charge on any atom is 0.227 e. The van der Waals surface area contributed by atoms with Gasteiger partial charge in [0.1, 0.15) is 0 Å². The van der Waals surface area contributed by atoms with Gasteiger partial charge in [-0.3, -0.25) is 4.79 Å². The minimum atomic E-state index is -0.282. The molecule has 1 atom stereocenters. The lowest BCUT2D eigenvalue weighted by Gasteiger charge is -2.30. The zero-order valence-electron chi connectivity index (χ0n) is 12.2. The summed E-state index contributed by atoms with van der Waals surface area (Å²) >= 11 is 0. The van der Waals surface area contributed by atoms with Crippen LogP contribution in [0.3, 0.4) is 0 Å². The van der Waals surface area contributed by atoms with E-state index in [-0.39, 0.29) is 24.1 Å². The summed E-state index contributed by atoms with van der Waals surface area (Å²) in [6.07, 6.45) is 0.504. The number of carbonyl (C=O) groups is 1. The first kappa shape index (κ1) is 15.6. The second-order valence-corrected chi connectivity index (χ2v) is 5.08. The molecule has 21 heavy (non-hydrogen) atoms. The summed E-state index contributed by atoms with van der Waals surface area (Å²) < 4.78 is 10.3. The molecule has 0 aromatic heterocycles. The van der Waals surface area contributed by atoms with Crippen LogP contribution in [-0.4, -0.2) is 55.9 Å². The first-order chi connectivity index (χ1) is 10.2. The quantitative estimate of drug-likeness (QED) is 0.820. The number of benzene rings is 1. The Hall–Kier alpha value is -1.79. The Morgan fingerprint density at radius 2 is 2.19 bits per heavy atom. The number of nitrogens with two attached hydrogens (primary N) is 1. The van der Waals surface area contributed by atoms with Gasteiger partial charge in [0.15, 0.2) is 11.5 Å². The van der Waals surface area contributed by atoms with Crippen molar-refractivity contribution in [1.82, 2.24) is 4.90 Å². The van der Waals surface area contributed by atoms with Crippen molar-refractivity contribution >= 4 is 5.91 Å². The Morgan fingerprint density at radius 1 is 1.48 bits per heavy atom. The smallest absolute Gasteiger partial charge is 0.227 e. The fourth-order valence-corrected chi connectivity index (χ4v) is 2.46. The van der Waals surface area contributed by atoms with Gasteiger partial charge in [-0.2, -0.15) is 0 Å². The number of aromatic hydroxyl groups is 1. The van der Waals surface area contributed by atoms with Crippen molar-refractivity contribution in [1.29, 1.82) is 0 Å². The van der Waals surface area contributed by atoms with Gasteiger partial charge in [-0.1, -0.05) is 6.07 Å². The highest BCUT2D eigenvalue weighted by Crippen LogP contribution is 2.27. The van der Waals surface area contributed by atoms with Crippen molar-refractivity contribution in [3.8, 4) is 11.5 Å². The average molecular weight is 294 g/mol. The second kappa shape index (κ2) is 7.28. The number of methoxy groups -OCH3 is 1. The number of carbonyl (C=O) groups excluding carboxylic acids is 1. The molecule has 1 aliphatic rings. The molecule has 1 aromatic carbocycles. The number of ether oxygens (including phenoxy) is 2. The molecule has 0 aliphatic carbocycles. The fourth-order valence-electron chi connectivity index (χ4n) is 2.46. The minimum Gasteiger partial charge on any atom is -0.504 e. The molecule has 116 valence electrons. The SMILES string of the molecule is COc1ccc(CC(CN)C(=O)N2CCOCC2)cc1O. The highest BCUT2D eigenvalue weighted by atomic mass is 16.5. The normalized spacial score (nSPS) is 16.6. The number of phenolic OH excluding ortho intramolecular Hbond substituents is 1. The van der Waals surface area contributed by atoms with Gasteiger partial charge >= 0.3 is 0 Å². The maximum absolute atomic E-state index is 12.4. The summed E-state index contributed by atoms with van der Waals surface area (Å²) in [6.45, 7) is 2.66. The van der Waals surface area contributed by atoms with Crippen LogP contribution in [0.1, 0.15) is 5.56 Å². The molecule has 1 fully saturated rings. The van der Waals surface area contributed by atoms with Crippen LogP contribution in [0.5, 0.6) is 11.5 Å². The van der Waals surface area contributed by atoms with Gasteiger partial charge in [0.25, 0.3) is 0 Å². The number of hydrogen-bond donors (Lipinski definition) is 2. The van der Waals surface area contributed by atoms with E-state index in [4.69, 9.17) is 15.2 Å². The standard InChI is InChI=1S/C15H22N2O4/c1-20-14-3-2-11(9-13(14)18)8-12(10-16)15(19)17-4-6-21-7-5-17/h2-3,9,12,18H,4-8,10,16H2,1H3. The van der Waals surface area contributed by atoms with E-state index >= 15 is 0 Å². The first-order valence-corrected chi connectivity index (χ1v) is 7.08. The van der Waals surface area contributed by atoms with Gasteiger partial charge in [0, 0.05) is 19.6 Å². The lowest BCUT2D eigenvalue weighted by atomic mass is 9.97. The van der Waals surface area contributed by atoms with Crippen LogP contribution in [-0.2, 0) is 16.0 Å². The zero-order chi connectivity index (χ0) is 15.2. The summed E-state index contributed by atoms with van der Waals surface area (Å²) in [5.41, 5.74) is 6.62. The molecule has 1 heterocycles. The van der Waals surface area contributed by atoms with Crippen molar-refractivity contribution in [2.75, 3.05) is 40.0 Å². The van der Waals surface area contributed by atoms with E-state index in [1.165, 1.54) is 7.11 Å². The molecule has 0 bridgehead atoms. The van der Waals surface area contributed by atoms with Gasteiger partial charge in [0.2, 0.25) is 5.91 Å². The lowest BCUT2D eigenvalue weighted by Crippen LogP contribution is -2.45. The predicted octanol–water partition coefficient (Wildman–Crippen LogP) is 0.377. The van der Waals surface area contributed by atoms with Gasteiger partial charge in [0.05, 0.1) is 26.2 Å². The number of phenols is 1. The number of hydrogen-bond acceptors (Lipinski definition) is 5. The van der Waals surface area contributed by atoms with E-state index in [0.717, 1.165) is 5.56 Å². The van der Waals surface area contributed by atoms with Crippen LogP contribution in [0, 0.1) is 5.92 Å². The molecule has 0 saturated carbocycles. The Labute approximate surface area is 124 Å². The van der Waals surface area contributed by atoms with E-state index in [1.807, 2.05) is 6.07 Å². The number of nitrogens with zero attached hydrogens (tertiary/aromatic N) is 1. The van der Waals surface area contributed by atoms with Gasteiger partial charge in [-0.05, 0) is 24.1 Å². The Kier molecular flexibility index (Phi) is 5.41. The van der Waals surface area contributed by atoms with Gasteiger partial charge < -0.3 is 25.2 Å². The summed E-state index contributed by atoms with van der Waals surface area (Å²) in [7, 11) is 1.50. The second-order valence-electron chi connectivity index (χ2n) is 5.08. The summed E-state index contributed by atoms with van der Waals surface area (Å²) in [6, 6.07) is 5.15. The van der Waals surface area contributed by atoms with Gasteiger partial charge in [-0.15, -0.1) is 0 Å². The minimum absolute atomic E-state index is 0.0520. The molecule has 1 saturated heterocycles. The Balaban J connectivity index is 2.04. The number of morpholine rings is 1. The summed E-state index contributed by atoms with van der Waals surface area (Å²) in [5, 5.41) is 9.80. The van der Waals surface area contributed by atoms with Crippen molar-refractivity contribution in [2.45, 2.75) is 6.42 Å². The van der Waals surface area contributed by atoms with Crippen molar-refractivity contribution < 1.29 is 19.4 Å². The monoisotopic (exact) mass is 294 g/mol. The maximum atomic E-state index is 12.4. The fraction of sp³-hybridized carbons (Fsp3) is 0.533. The van der Waals surface area contributed by atoms with Crippen LogP contribution >= 0.6 is 0 Å². The van der Waals surface area contributed by atoms with E-state index in [0.29, 0.717) is 38.5 Å². The highest BCUT2D eigenvalue weighted by Gasteiger charge is 2.25. The largest absolute Gasteiger partial charge is 0.504 e. The topological polar surface area (TPSA) is 85.0 Å². The first-order valence-electron chi connectivity index (χ1n) is 7.08. The summed E-state index contributed by atoms with van der Waals surface area (Å²) in [4.78, 5) is 14.2. The molecule has 6 nitrogen and oxygen atoms in total. The van der Waals surface area contributed by atoms with Crippen molar-refractivity contribution in [3.05, 3.63) is 23.8 Å². The summed E-state index contributed by atoms with van der Waals surface area (Å²) in [5.74, 6) is 0.263. The Bertz CT molecular complexity index is 487. The van der Waals surface area contributed by atoms with Crippen LogP contribution in [0.25, 0.3) is 0 Å². The van der Waals surface area contributed by atoms with Crippen LogP contribution in [0.4, 0.5) is 0 Å². The van der Waals surface area contributed by atoms with E-state index in [1.54, 1.807) is 17.0 Å². The number of rotatable bonds is 5. The van der Waals surface area contributed by atoms with Crippen LogP contribution < -0.4 is 10.5 Å². The number of amides is 1. The third kappa shape index (κ3) is 3.86. The van der Waals surface area contributed by atoms with Crippen molar-refractivity contribution in [3.63, 3.8) is 0 Å². The zero-order valence-corrected chi connectivity index (χ0v) is 12.2. The van der Waals surface area contributed by atoms with E-state index in [9.17, 15) is 9.90 Å². The van der Waals surface area contributed by atoms with E-state index < -0.39 is 0 Å². The predicted molar refractivity (Wildman–Crippen MR) is 78.3 cm³/mol. The van der Waals surface area contributed by atoms with Gasteiger partial charge in [-0.25, -0.2) is 0 Å². The van der Waals surface area contributed by atoms with E-state index in [2.05, 4.69) is 0 Å². The third-order valence-corrected chi connectivity index (χ3v) is 3.68. The highest BCUT2D eigenvalue weighted by molar-refractivity contribution is 5.79. The molecule has 1 unspecified atom stereocenters. The molecule has 0 spiro atoms. The molecule has 2 rings (SSSR count). The van der Waals surface area contributed by atoms with Crippen LogP contribution in [0.2, 0.25) is 0 Å². The lowest BCUT2D eigenvalue weighted by molar-refractivity contribution is -0.139.